The number of hydrogen-bond donors (Lipinski definition) is 0. The molecule has 0 saturated carbocycles. The topological polar surface area (TPSA) is 34.1 Å². The van der Waals surface area contributed by atoms with Crippen LogP contribution < -0.4 is 0 Å². The first-order valence-electron chi connectivity index (χ1n) is 3.05. The van der Waals surface area contributed by atoms with E-state index in [1.54, 1.807) is 45.9 Å². The molecule has 0 saturated heterocycles. The van der Waals surface area contributed by atoms with Crippen LogP contribution in [-0.4, -0.2) is 36.2 Å². The Kier molecular flexibility index (Phi) is 9.93. The fraction of sp³-hybridized carbons (Fsp3) is 1.00. The largest absolute Gasteiger partial charge is 0.259 e. The molecule has 0 heterocycles. The molecule has 0 aliphatic rings. The Balaban J connectivity index is 3.01. The highest BCUT2D eigenvalue weighted by Gasteiger charge is 1.95. The zero-order valence-corrected chi connectivity index (χ0v) is 11.1. The third-order valence-corrected chi connectivity index (χ3v) is 7.84. The minimum absolute atomic E-state index is 0.681. The van der Waals surface area contributed by atoms with Crippen molar-refractivity contribution < 1.29 is 8.42 Å². The summed E-state index contributed by atoms with van der Waals surface area (Å²) in [5, 5.41) is 2.30. The van der Waals surface area contributed by atoms with Gasteiger partial charge < -0.3 is 0 Å². The first kappa shape index (κ1) is 13.4. The van der Waals surface area contributed by atoms with Crippen molar-refractivity contribution >= 4 is 54.9 Å². The van der Waals surface area contributed by atoms with E-state index in [9.17, 15) is 8.42 Å². The number of thioether (sulfide) groups is 1. The minimum Gasteiger partial charge on any atom is -0.259 e. The van der Waals surface area contributed by atoms with Crippen molar-refractivity contribution in [3.63, 3.8) is 0 Å². The normalized spacial score (nSPS) is 15.8. The molecule has 0 aromatic heterocycles. The van der Waals surface area contributed by atoms with E-state index in [1.165, 1.54) is 0 Å². The van der Waals surface area contributed by atoms with Gasteiger partial charge in [-0.3, -0.25) is 8.42 Å². The Morgan fingerprint density at radius 2 is 1.58 bits per heavy atom. The zero-order chi connectivity index (χ0) is 9.40. The van der Waals surface area contributed by atoms with Crippen molar-refractivity contribution in [1.82, 2.24) is 0 Å². The third-order valence-electron chi connectivity index (χ3n) is 0.678. The SMILES string of the molecule is C[S@](=O)CSSCSC[S@@](C)=O. The Bertz CT molecular complexity index is 142. The van der Waals surface area contributed by atoms with Crippen LogP contribution in [0.15, 0.2) is 0 Å². The van der Waals surface area contributed by atoms with Crippen LogP contribution in [0.2, 0.25) is 0 Å². The maximum atomic E-state index is 10.6. The van der Waals surface area contributed by atoms with Crippen molar-refractivity contribution in [2.45, 2.75) is 0 Å². The highest BCUT2D eigenvalue weighted by molar-refractivity contribution is 8.79. The van der Waals surface area contributed by atoms with Crippen LogP contribution in [-0.2, 0) is 21.6 Å². The summed E-state index contributed by atoms with van der Waals surface area (Å²) < 4.78 is 21.2. The molecule has 0 fully saturated rings. The van der Waals surface area contributed by atoms with Crippen LogP contribution in [0.25, 0.3) is 0 Å². The molecular weight excluding hydrogens is 252 g/mol. The van der Waals surface area contributed by atoms with Gasteiger partial charge in [0.15, 0.2) is 0 Å². The van der Waals surface area contributed by atoms with E-state index in [0.29, 0.717) is 10.2 Å². The summed E-state index contributed by atoms with van der Waals surface area (Å²) in [6, 6.07) is 0. The molecule has 74 valence electrons. The van der Waals surface area contributed by atoms with Gasteiger partial charge in [0, 0.05) is 34.1 Å². The van der Waals surface area contributed by atoms with Crippen molar-refractivity contribution in [3.8, 4) is 0 Å². The second kappa shape index (κ2) is 8.93. The second-order valence-electron chi connectivity index (χ2n) is 1.94. The molecule has 0 aromatic rings. The van der Waals surface area contributed by atoms with Crippen molar-refractivity contribution in [2.24, 2.45) is 0 Å². The van der Waals surface area contributed by atoms with Gasteiger partial charge in [0.25, 0.3) is 0 Å². The molecule has 0 amide bonds. The van der Waals surface area contributed by atoms with Gasteiger partial charge in [0.1, 0.15) is 0 Å². The van der Waals surface area contributed by atoms with Gasteiger partial charge >= 0.3 is 0 Å². The molecule has 7 heteroatoms. The lowest BCUT2D eigenvalue weighted by Gasteiger charge is -1.97. The Hall–Kier alpha value is 1.35. The van der Waals surface area contributed by atoms with Crippen LogP contribution in [0.1, 0.15) is 0 Å². The lowest BCUT2D eigenvalue weighted by atomic mass is 11.9. The molecule has 12 heavy (non-hydrogen) atoms. The predicted octanol–water partition coefficient (Wildman–Crippen LogP) is 1.73. The van der Waals surface area contributed by atoms with E-state index >= 15 is 0 Å². The summed E-state index contributed by atoms with van der Waals surface area (Å²) in [5.41, 5.74) is 0. The molecule has 0 radical (unpaired) electrons. The van der Waals surface area contributed by atoms with E-state index in [1.807, 2.05) is 0 Å². The van der Waals surface area contributed by atoms with Crippen molar-refractivity contribution in [1.29, 1.82) is 0 Å². The molecule has 0 aromatic carbocycles. The molecule has 2 nitrogen and oxygen atoms in total. The average molecular weight is 264 g/mol. The first-order chi connectivity index (χ1) is 5.63. The first-order valence-corrected chi connectivity index (χ1v) is 10.1. The summed E-state index contributed by atoms with van der Waals surface area (Å²) in [5.74, 6) is 0. The lowest BCUT2D eigenvalue weighted by Crippen LogP contribution is -1.88. The van der Waals surface area contributed by atoms with Gasteiger partial charge in [0.05, 0.1) is 15.3 Å². The quantitative estimate of drug-likeness (QED) is 0.397. The lowest BCUT2D eigenvalue weighted by molar-refractivity contribution is 0.688. The van der Waals surface area contributed by atoms with Crippen LogP contribution in [0.3, 0.4) is 0 Å². The highest BCUT2D eigenvalue weighted by Crippen LogP contribution is 2.26. The van der Waals surface area contributed by atoms with Crippen LogP contribution in [0, 0.1) is 0 Å². The average Bonchev–Trinajstić information content (AvgIpc) is 1.95. The third kappa shape index (κ3) is 11.4. The fourth-order valence-corrected chi connectivity index (χ4v) is 6.56. The highest BCUT2D eigenvalue weighted by atomic mass is 33.1. The Labute approximate surface area is 90.7 Å². The van der Waals surface area contributed by atoms with Gasteiger partial charge in [-0.05, 0) is 0 Å². The summed E-state index contributed by atoms with van der Waals surface area (Å²) in [7, 11) is 1.88. The molecular formula is C5H12O2S5. The molecule has 0 aliphatic carbocycles. The van der Waals surface area contributed by atoms with Gasteiger partial charge in [0.2, 0.25) is 0 Å². The maximum absolute atomic E-state index is 10.6. The summed E-state index contributed by atoms with van der Waals surface area (Å²) >= 11 is 1.66. The molecule has 0 spiro atoms. The maximum Gasteiger partial charge on any atom is 0.0793 e. The monoisotopic (exact) mass is 264 g/mol. The zero-order valence-electron chi connectivity index (χ0n) is 6.98. The molecule has 0 aliphatic heterocycles. The molecule has 2 atom stereocenters. The summed E-state index contributed by atoms with van der Waals surface area (Å²) in [6.07, 6.45) is 3.40. The molecule has 0 unspecified atom stereocenters. The number of hydrogen-bond acceptors (Lipinski definition) is 5. The summed E-state index contributed by atoms with van der Waals surface area (Å²) in [4.78, 5) is 0. The van der Waals surface area contributed by atoms with Gasteiger partial charge in [-0.2, -0.15) is 0 Å². The smallest absolute Gasteiger partial charge is 0.0793 e. The van der Waals surface area contributed by atoms with E-state index in [2.05, 4.69) is 0 Å². The Morgan fingerprint density at radius 1 is 1.00 bits per heavy atom. The van der Waals surface area contributed by atoms with Crippen molar-refractivity contribution in [3.05, 3.63) is 0 Å². The van der Waals surface area contributed by atoms with Gasteiger partial charge in [-0.15, -0.1) is 11.8 Å². The molecule has 0 rings (SSSR count). The Morgan fingerprint density at radius 3 is 2.08 bits per heavy atom. The van der Waals surface area contributed by atoms with E-state index in [0.717, 1.165) is 5.08 Å². The van der Waals surface area contributed by atoms with E-state index in [4.69, 9.17) is 0 Å². The second-order valence-corrected chi connectivity index (χ2v) is 9.35. The van der Waals surface area contributed by atoms with Gasteiger partial charge in [-0.1, -0.05) is 21.6 Å². The van der Waals surface area contributed by atoms with Crippen molar-refractivity contribution in [2.75, 3.05) is 27.8 Å². The van der Waals surface area contributed by atoms with Crippen LogP contribution in [0.5, 0.6) is 0 Å². The van der Waals surface area contributed by atoms with Crippen LogP contribution in [0.4, 0.5) is 0 Å². The summed E-state index contributed by atoms with van der Waals surface area (Å²) in [6.45, 7) is 0. The minimum atomic E-state index is -0.707. The molecule has 0 N–H and O–H groups in total. The molecule has 0 bridgehead atoms. The fourth-order valence-electron chi connectivity index (χ4n) is 0.321. The van der Waals surface area contributed by atoms with Gasteiger partial charge in [-0.25, -0.2) is 0 Å². The van der Waals surface area contributed by atoms with Crippen LogP contribution >= 0.6 is 33.3 Å². The van der Waals surface area contributed by atoms with E-state index < -0.39 is 21.6 Å². The standard InChI is InChI=1S/C5H12O2S5/c1-11(6)4-8-3-9-10-5-12(2)7/h3-5H2,1-2H3/t11-,12+/m1/s1. The number of rotatable bonds is 7. The predicted molar refractivity (Wildman–Crippen MR) is 65.5 cm³/mol. The van der Waals surface area contributed by atoms with E-state index in [-0.39, 0.29) is 0 Å².